The van der Waals surface area contributed by atoms with Crippen molar-refractivity contribution in [2.45, 2.75) is 37.4 Å². The van der Waals surface area contributed by atoms with Crippen LogP contribution in [0.25, 0.3) is 10.8 Å². The normalized spacial score (nSPS) is 17.8. The fraction of sp³-hybridized carbons (Fsp3) is 0.565. The minimum absolute atomic E-state index is 0.251. The number of rotatable bonds is 9. The standard InChI is InChI=1S/C23H35N3O4S/c1-23(2,3)30-18-20(27)17-26-15-13-25(14-16-26)12-11-24-31(28,29)22-10-6-8-19-7-4-5-9-21(19)22/h4-10,20,24,27H,11-18H2,1-3H3/t20-/m0/s1. The number of benzene rings is 2. The van der Waals surface area contributed by atoms with Gasteiger partial charge in [-0.3, -0.25) is 9.80 Å². The topological polar surface area (TPSA) is 82.1 Å². The van der Waals surface area contributed by atoms with Crippen LogP contribution >= 0.6 is 0 Å². The van der Waals surface area contributed by atoms with Gasteiger partial charge < -0.3 is 9.84 Å². The first-order valence-electron chi connectivity index (χ1n) is 10.9. The number of aliphatic hydroxyl groups excluding tert-OH is 1. The molecule has 0 aromatic heterocycles. The highest BCUT2D eigenvalue weighted by molar-refractivity contribution is 7.89. The molecule has 31 heavy (non-hydrogen) atoms. The first kappa shape index (κ1) is 24.1. The predicted octanol–water partition coefficient (Wildman–Crippen LogP) is 1.91. The van der Waals surface area contributed by atoms with E-state index in [-0.39, 0.29) is 5.60 Å². The zero-order valence-corrected chi connectivity index (χ0v) is 19.6. The molecule has 0 aliphatic carbocycles. The molecule has 1 aliphatic rings. The Hall–Kier alpha value is -1.55. The summed E-state index contributed by atoms with van der Waals surface area (Å²) in [6.45, 7) is 11.3. The molecule has 0 radical (unpaired) electrons. The maximum absolute atomic E-state index is 12.8. The van der Waals surface area contributed by atoms with Crippen molar-refractivity contribution in [3.05, 3.63) is 42.5 Å². The first-order valence-corrected chi connectivity index (χ1v) is 12.4. The molecule has 2 aromatic carbocycles. The lowest BCUT2D eigenvalue weighted by Gasteiger charge is -2.35. The van der Waals surface area contributed by atoms with Gasteiger partial charge in [0.2, 0.25) is 10.0 Å². The summed E-state index contributed by atoms with van der Waals surface area (Å²) in [4.78, 5) is 4.80. The van der Waals surface area contributed by atoms with Gasteiger partial charge in [0.05, 0.1) is 23.2 Å². The second-order valence-corrected chi connectivity index (χ2v) is 10.8. The Kier molecular flexibility index (Phi) is 8.07. The Morgan fingerprint density at radius 2 is 1.68 bits per heavy atom. The summed E-state index contributed by atoms with van der Waals surface area (Å²) in [5, 5.41) is 11.8. The highest BCUT2D eigenvalue weighted by Gasteiger charge is 2.22. The molecule has 7 nitrogen and oxygen atoms in total. The second-order valence-electron chi connectivity index (χ2n) is 9.09. The summed E-state index contributed by atoms with van der Waals surface area (Å²) in [5.41, 5.74) is -0.251. The van der Waals surface area contributed by atoms with E-state index < -0.39 is 16.1 Å². The van der Waals surface area contributed by atoms with E-state index in [9.17, 15) is 13.5 Å². The van der Waals surface area contributed by atoms with Crippen molar-refractivity contribution in [1.29, 1.82) is 0 Å². The molecule has 1 saturated heterocycles. The van der Waals surface area contributed by atoms with Crippen molar-refractivity contribution in [2.75, 3.05) is 52.4 Å². The van der Waals surface area contributed by atoms with Gasteiger partial charge >= 0.3 is 0 Å². The Balaban J connectivity index is 1.43. The molecule has 1 fully saturated rings. The van der Waals surface area contributed by atoms with Gasteiger partial charge in [0.1, 0.15) is 0 Å². The quantitative estimate of drug-likeness (QED) is 0.609. The number of fused-ring (bicyclic) bond motifs is 1. The zero-order chi connectivity index (χ0) is 22.5. The number of ether oxygens (including phenoxy) is 1. The molecular weight excluding hydrogens is 414 g/mol. The molecule has 0 saturated carbocycles. The Morgan fingerprint density at radius 3 is 2.39 bits per heavy atom. The molecule has 0 spiro atoms. The number of aliphatic hydroxyl groups is 1. The molecule has 0 unspecified atom stereocenters. The average molecular weight is 450 g/mol. The van der Waals surface area contributed by atoms with Gasteiger partial charge in [0.15, 0.2) is 0 Å². The van der Waals surface area contributed by atoms with Crippen molar-refractivity contribution in [1.82, 2.24) is 14.5 Å². The van der Waals surface area contributed by atoms with Crippen molar-refractivity contribution in [3.8, 4) is 0 Å². The number of sulfonamides is 1. The van der Waals surface area contributed by atoms with Crippen LogP contribution < -0.4 is 4.72 Å². The number of hydrogen-bond acceptors (Lipinski definition) is 6. The summed E-state index contributed by atoms with van der Waals surface area (Å²) in [7, 11) is -3.57. The summed E-state index contributed by atoms with van der Waals surface area (Å²) < 4.78 is 34.0. The number of hydrogen-bond donors (Lipinski definition) is 2. The highest BCUT2D eigenvalue weighted by atomic mass is 32.2. The van der Waals surface area contributed by atoms with E-state index in [0.717, 1.165) is 37.0 Å². The van der Waals surface area contributed by atoms with Crippen LogP contribution in [-0.2, 0) is 14.8 Å². The van der Waals surface area contributed by atoms with Gasteiger partial charge in [-0.1, -0.05) is 36.4 Å². The largest absolute Gasteiger partial charge is 0.389 e. The van der Waals surface area contributed by atoms with Crippen LogP contribution in [-0.4, -0.2) is 87.4 Å². The van der Waals surface area contributed by atoms with Crippen molar-refractivity contribution < 1.29 is 18.3 Å². The number of nitrogens with zero attached hydrogens (tertiary/aromatic N) is 2. The molecule has 2 N–H and O–H groups in total. The van der Waals surface area contributed by atoms with Crippen LogP contribution in [0, 0.1) is 0 Å². The molecule has 8 heteroatoms. The van der Waals surface area contributed by atoms with Crippen molar-refractivity contribution in [2.24, 2.45) is 0 Å². The third kappa shape index (κ3) is 7.24. The van der Waals surface area contributed by atoms with Crippen LogP contribution in [0.2, 0.25) is 0 Å². The van der Waals surface area contributed by atoms with Crippen LogP contribution in [0.1, 0.15) is 20.8 Å². The lowest BCUT2D eigenvalue weighted by atomic mass is 10.1. The smallest absolute Gasteiger partial charge is 0.241 e. The maximum Gasteiger partial charge on any atom is 0.241 e. The van der Waals surface area contributed by atoms with E-state index in [4.69, 9.17) is 4.74 Å². The molecule has 3 rings (SSSR count). The molecule has 0 amide bonds. The van der Waals surface area contributed by atoms with E-state index in [2.05, 4.69) is 14.5 Å². The minimum Gasteiger partial charge on any atom is -0.389 e. The molecule has 1 heterocycles. The summed E-state index contributed by atoms with van der Waals surface area (Å²) in [5.74, 6) is 0. The summed E-state index contributed by atoms with van der Waals surface area (Å²) in [6.07, 6.45) is -0.502. The lowest BCUT2D eigenvalue weighted by Crippen LogP contribution is -2.50. The van der Waals surface area contributed by atoms with Gasteiger partial charge in [-0.15, -0.1) is 0 Å². The third-order valence-electron chi connectivity index (χ3n) is 5.40. The fourth-order valence-electron chi connectivity index (χ4n) is 3.74. The Morgan fingerprint density at radius 1 is 1.03 bits per heavy atom. The lowest BCUT2D eigenvalue weighted by molar-refractivity contribution is -0.0585. The van der Waals surface area contributed by atoms with E-state index >= 15 is 0 Å². The minimum atomic E-state index is -3.57. The van der Waals surface area contributed by atoms with Gasteiger partial charge in [-0.25, -0.2) is 13.1 Å². The van der Waals surface area contributed by atoms with E-state index in [1.54, 1.807) is 12.1 Å². The fourth-order valence-corrected chi connectivity index (χ4v) is 4.99. The molecule has 0 bridgehead atoms. The molecule has 2 aromatic rings. The van der Waals surface area contributed by atoms with Gasteiger partial charge in [-0.2, -0.15) is 0 Å². The number of piperazine rings is 1. The third-order valence-corrected chi connectivity index (χ3v) is 6.92. The van der Waals surface area contributed by atoms with Crippen LogP contribution in [0.5, 0.6) is 0 Å². The SMILES string of the molecule is CC(C)(C)OC[C@@H](O)CN1CCN(CCNS(=O)(=O)c2cccc3ccccc23)CC1. The van der Waals surface area contributed by atoms with Crippen LogP contribution in [0.15, 0.2) is 47.4 Å². The monoisotopic (exact) mass is 449 g/mol. The second kappa shape index (κ2) is 10.4. The van der Waals surface area contributed by atoms with Gasteiger partial charge in [-0.05, 0) is 32.2 Å². The van der Waals surface area contributed by atoms with Crippen LogP contribution in [0.4, 0.5) is 0 Å². The van der Waals surface area contributed by atoms with Gasteiger partial charge in [0, 0.05) is 51.2 Å². The van der Waals surface area contributed by atoms with Gasteiger partial charge in [0.25, 0.3) is 0 Å². The molecular formula is C23H35N3O4S. The predicted molar refractivity (Wildman–Crippen MR) is 124 cm³/mol. The first-order chi connectivity index (χ1) is 14.6. The highest BCUT2D eigenvalue weighted by Crippen LogP contribution is 2.22. The maximum atomic E-state index is 12.8. The van der Waals surface area contributed by atoms with E-state index in [1.165, 1.54) is 0 Å². The number of β-amino-alcohol motifs (C(OH)–C–C–N with tert-alkyl or cyclic N) is 1. The average Bonchev–Trinajstić information content (AvgIpc) is 2.72. The van der Waals surface area contributed by atoms with E-state index in [1.807, 2.05) is 51.1 Å². The molecule has 1 aliphatic heterocycles. The molecule has 1 atom stereocenters. The molecule has 172 valence electrons. The van der Waals surface area contributed by atoms with Crippen LogP contribution in [0.3, 0.4) is 0 Å². The zero-order valence-electron chi connectivity index (χ0n) is 18.8. The van der Waals surface area contributed by atoms with Crippen molar-refractivity contribution in [3.63, 3.8) is 0 Å². The van der Waals surface area contributed by atoms with E-state index in [0.29, 0.717) is 31.1 Å². The van der Waals surface area contributed by atoms with Crippen molar-refractivity contribution >= 4 is 20.8 Å². The summed E-state index contributed by atoms with van der Waals surface area (Å²) >= 11 is 0. The Bertz CT molecular complexity index is 945. The number of nitrogens with one attached hydrogen (secondary N) is 1. The Labute approximate surface area is 186 Å². The summed E-state index contributed by atoms with van der Waals surface area (Å²) in [6, 6.07) is 12.9.